The van der Waals surface area contributed by atoms with E-state index in [1.54, 1.807) is 0 Å². The second-order valence-electron chi connectivity index (χ2n) is 4.79. The van der Waals surface area contributed by atoms with E-state index < -0.39 is 0 Å². The lowest BCUT2D eigenvalue weighted by molar-refractivity contribution is 0.0751. The van der Waals surface area contributed by atoms with E-state index in [0.717, 1.165) is 21.2 Å². The van der Waals surface area contributed by atoms with Crippen molar-refractivity contribution in [1.82, 2.24) is 4.90 Å². The second-order valence-corrected chi connectivity index (χ2v) is 5.64. The van der Waals surface area contributed by atoms with Crippen molar-refractivity contribution in [3.63, 3.8) is 0 Å². The molecule has 2 aromatic rings. The highest BCUT2D eigenvalue weighted by Crippen LogP contribution is 2.20. The van der Waals surface area contributed by atoms with Crippen molar-refractivity contribution >= 4 is 21.8 Å². The predicted molar refractivity (Wildman–Crippen MR) is 85.7 cm³/mol. The first kappa shape index (κ1) is 14.8. The first-order chi connectivity index (χ1) is 9.61. The van der Waals surface area contributed by atoms with E-state index >= 15 is 0 Å². The number of nitrogens with zero attached hydrogens (tertiary/aromatic N) is 1. The number of carbonyl (C=O) groups is 1. The number of hydrogen-bond donors (Lipinski definition) is 0. The summed E-state index contributed by atoms with van der Waals surface area (Å²) in [6, 6.07) is 15.9. The van der Waals surface area contributed by atoms with E-state index in [1.165, 1.54) is 0 Å². The monoisotopic (exact) mass is 331 g/mol. The Balaban J connectivity index is 2.23. The number of carbonyl (C=O) groups excluding carboxylic acids is 1. The predicted octanol–water partition coefficient (Wildman–Crippen LogP) is 4.42. The number of amides is 1. The zero-order valence-corrected chi connectivity index (χ0v) is 13.4. The first-order valence-electron chi connectivity index (χ1n) is 6.71. The fourth-order valence-electron chi connectivity index (χ4n) is 2.10. The van der Waals surface area contributed by atoms with Crippen LogP contribution in [0.5, 0.6) is 0 Å². The van der Waals surface area contributed by atoms with Crippen LogP contribution < -0.4 is 0 Å². The largest absolute Gasteiger partial charge is 0.335 e. The van der Waals surface area contributed by atoms with Crippen LogP contribution >= 0.6 is 15.9 Å². The van der Waals surface area contributed by atoms with Crippen LogP contribution in [0.4, 0.5) is 0 Å². The molecule has 2 nitrogen and oxygen atoms in total. The van der Waals surface area contributed by atoms with Crippen molar-refractivity contribution < 1.29 is 4.79 Å². The molecule has 2 aromatic carbocycles. The van der Waals surface area contributed by atoms with Crippen molar-refractivity contribution in [3.8, 4) is 0 Å². The minimum Gasteiger partial charge on any atom is -0.335 e. The number of benzene rings is 2. The van der Waals surface area contributed by atoms with E-state index in [2.05, 4.69) is 15.9 Å². The minimum absolute atomic E-state index is 0.0620. The summed E-state index contributed by atoms with van der Waals surface area (Å²) in [7, 11) is 0. The number of rotatable bonds is 4. The van der Waals surface area contributed by atoms with Gasteiger partial charge in [-0.2, -0.15) is 0 Å². The molecule has 0 fully saturated rings. The molecule has 0 aliphatic heterocycles. The van der Waals surface area contributed by atoms with Gasteiger partial charge in [0.1, 0.15) is 0 Å². The van der Waals surface area contributed by atoms with Crippen LogP contribution in [0.25, 0.3) is 0 Å². The van der Waals surface area contributed by atoms with Gasteiger partial charge in [-0.25, -0.2) is 0 Å². The second kappa shape index (κ2) is 6.71. The maximum Gasteiger partial charge on any atom is 0.255 e. The maximum atomic E-state index is 12.6. The highest BCUT2D eigenvalue weighted by atomic mass is 79.9. The Kier molecular flexibility index (Phi) is 4.96. The van der Waals surface area contributed by atoms with Gasteiger partial charge in [-0.15, -0.1) is 0 Å². The smallest absolute Gasteiger partial charge is 0.255 e. The standard InChI is InChI=1S/C17H18BrNO/c1-3-19(12-14-7-5-4-6-8-14)17(20)15-11-13(2)9-10-16(15)18/h4-11H,3,12H2,1-2H3. The van der Waals surface area contributed by atoms with Gasteiger partial charge < -0.3 is 4.90 Å². The molecule has 3 heteroatoms. The SMILES string of the molecule is CCN(Cc1ccccc1)C(=O)c1cc(C)ccc1Br. The van der Waals surface area contributed by atoms with Crippen LogP contribution in [0.15, 0.2) is 53.0 Å². The van der Waals surface area contributed by atoms with E-state index in [1.807, 2.05) is 67.3 Å². The Labute approximate surface area is 128 Å². The number of hydrogen-bond acceptors (Lipinski definition) is 1. The summed E-state index contributed by atoms with van der Waals surface area (Å²) in [5, 5.41) is 0. The van der Waals surface area contributed by atoms with Gasteiger partial charge in [0.15, 0.2) is 0 Å². The molecule has 0 aliphatic rings. The van der Waals surface area contributed by atoms with Gasteiger partial charge >= 0.3 is 0 Å². The summed E-state index contributed by atoms with van der Waals surface area (Å²) in [5.74, 6) is 0.0620. The fraction of sp³-hybridized carbons (Fsp3) is 0.235. The first-order valence-corrected chi connectivity index (χ1v) is 7.50. The maximum absolute atomic E-state index is 12.6. The minimum atomic E-state index is 0.0620. The summed E-state index contributed by atoms with van der Waals surface area (Å²) in [6.07, 6.45) is 0. The van der Waals surface area contributed by atoms with Gasteiger partial charge in [0.2, 0.25) is 0 Å². The molecular formula is C17H18BrNO. The third-order valence-corrected chi connectivity index (χ3v) is 3.93. The van der Waals surface area contributed by atoms with Gasteiger partial charge in [0.05, 0.1) is 5.56 Å². The van der Waals surface area contributed by atoms with Crippen LogP contribution in [-0.4, -0.2) is 17.4 Å². The van der Waals surface area contributed by atoms with Crippen LogP contribution in [0, 0.1) is 6.92 Å². The van der Waals surface area contributed by atoms with Crippen molar-refractivity contribution in [2.75, 3.05) is 6.54 Å². The highest BCUT2D eigenvalue weighted by Gasteiger charge is 2.17. The molecule has 20 heavy (non-hydrogen) atoms. The van der Waals surface area contributed by atoms with E-state index in [0.29, 0.717) is 13.1 Å². The van der Waals surface area contributed by atoms with Gasteiger partial charge in [-0.05, 0) is 47.5 Å². The molecule has 2 rings (SSSR count). The van der Waals surface area contributed by atoms with Crippen LogP contribution in [0.2, 0.25) is 0 Å². The summed E-state index contributed by atoms with van der Waals surface area (Å²) in [4.78, 5) is 14.5. The van der Waals surface area contributed by atoms with Gasteiger partial charge in [-0.3, -0.25) is 4.79 Å². The molecule has 0 aromatic heterocycles. The summed E-state index contributed by atoms with van der Waals surface area (Å²) < 4.78 is 0.847. The van der Waals surface area contributed by atoms with Crippen LogP contribution in [-0.2, 0) is 6.54 Å². The topological polar surface area (TPSA) is 20.3 Å². The Morgan fingerprint density at radius 1 is 1.15 bits per heavy atom. The van der Waals surface area contributed by atoms with Crippen LogP contribution in [0.1, 0.15) is 28.4 Å². The quantitative estimate of drug-likeness (QED) is 0.812. The van der Waals surface area contributed by atoms with Crippen molar-refractivity contribution in [2.24, 2.45) is 0 Å². The lowest BCUT2D eigenvalue weighted by Gasteiger charge is -2.22. The summed E-state index contributed by atoms with van der Waals surface area (Å²) >= 11 is 3.47. The van der Waals surface area contributed by atoms with E-state index in [-0.39, 0.29) is 5.91 Å². The Morgan fingerprint density at radius 3 is 2.50 bits per heavy atom. The molecule has 0 spiro atoms. The van der Waals surface area contributed by atoms with E-state index in [4.69, 9.17) is 0 Å². The lowest BCUT2D eigenvalue weighted by atomic mass is 10.1. The zero-order chi connectivity index (χ0) is 14.5. The molecule has 1 amide bonds. The van der Waals surface area contributed by atoms with E-state index in [9.17, 15) is 4.79 Å². The van der Waals surface area contributed by atoms with Crippen LogP contribution in [0.3, 0.4) is 0 Å². The normalized spacial score (nSPS) is 10.3. The van der Waals surface area contributed by atoms with Gasteiger partial charge in [0, 0.05) is 17.6 Å². The average molecular weight is 332 g/mol. The zero-order valence-electron chi connectivity index (χ0n) is 11.8. The lowest BCUT2D eigenvalue weighted by Crippen LogP contribution is -2.30. The molecule has 0 N–H and O–H groups in total. The molecule has 0 aliphatic carbocycles. The van der Waals surface area contributed by atoms with Crippen molar-refractivity contribution in [3.05, 3.63) is 69.7 Å². The Morgan fingerprint density at radius 2 is 1.85 bits per heavy atom. The number of aryl methyl sites for hydroxylation is 1. The van der Waals surface area contributed by atoms with Gasteiger partial charge in [0.25, 0.3) is 5.91 Å². The fourth-order valence-corrected chi connectivity index (χ4v) is 2.52. The molecule has 0 unspecified atom stereocenters. The molecule has 0 bridgehead atoms. The molecule has 0 radical (unpaired) electrons. The van der Waals surface area contributed by atoms with Crippen molar-refractivity contribution in [1.29, 1.82) is 0 Å². The molecule has 104 valence electrons. The Hall–Kier alpha value is -1.61. The third kappa shape index (κ3) is 3.48. The highest BCUT2D eigenvalue weighted by molar-refractivity contribution is 9.10. The number of halogens is 1. The Bertz CT molecular complexity index is 595. The summed E-state index contributed by atoms with van der Waals surface area (Å²) in [6.45, 7) is 5.33. The third-order valence-electron chi connectivity index (χ3n) is 3.24. The molecule has 0 saturated carbocycles. The van der Waals surface area contributed by atoms with Gasteiger partial charge in [-0.1, -0.05) is 42.0 Å². The molecule has 0 heterocycles. The molecule has 0 atom stereocenters. The average Bonchev–Trinajstić information content (AvgIpc) is 2.47. The molecule has 0 saturated heterocycles. The van der Waals surface area contributed by atoms with Crippen molar-refractivity contribution in [2.45, 2.75) is 20.4 Å². The molecular weight excluding hydrogens is 314 g/mol. The summed E-state index contributed by atoms with van der Waals surface area (Å²) in [5.41, 5.74) is 2.96.